The molecule has 0 fully saturated rings. The van der Waals surface area contributed by atoms with Crippen LogP contribution in [-0.4, -0.2) is 5.11 Å². The Morgan fingerprint density at radius 2 is 2.18 bits per heavy atom. The summed E-state index contributed by atoms with van der Waals surface area (Å²) >= 11 is 3.32. The van der Waals surface area contributed by atoms with Gasteiger partial charge in [0.1, 0.15) is 5.76 Å². The molecule has 2 heteroatoms. The van der Waals surface area contributed by atoms with Crippen molar-refractivity contribution in [1.82, 2.24) is 0 Å². The van der Waals surface area contributed by atoms with Crippen molar-refractivity contribution in [3.63, 3.8) is 0 Å². The number of aliphatic hydroxyl groups is 1. The number of halogens is 1. The summed E-state index contributed by atoms with van der Waals surface area (Å²) in [4.78, 5) is 0. The SMILES string of the molecule is C\C1=C/C=C\C(O)=C(\Br)CC1. The van der Waals surface area contributed by atoms with E-state index in [0.717, 1.165) is 17.3 Å². The molecule has 1 nitrogen and oxygen atoms in total. The summed E-state index contributed by atoms with van der Waals surface area (Å²) in [6.07, 6.45) is 7.49. The Morgan fingerprint density at radius 3 is 2.91 bits per heavy atom. The fourth-order valence-corrected chi connectivity index (χ4v) is 1.24. The van der Waals surface area contributed by atoms with Gasteiger partial charge >= 0.3 is 0 Å². The molecule has 0 aromatic carbocycles. The van der Waals surface area contributed by atoms with Gasteiger partial charge in [-0.05, 0) is 25.8 Å². The fraction of sp³-hybridized carbons (Fsp3) is 0.333. The Morgan fingerprint density at radius 1 is 1.45 bits per heavy atom. The van der Waals surface area contributed by atoms with Crippen LogP contribution >= 0.6 is 15.9 Å². The van der Waals surface area contributed by atoms with Crippen LogP contribution in [-0.2, 0) is 0 Å². The average molecular weight is 215 g/mol. The second-order valence-electron chi connectivity index (χ2n) is 2.66. The largest absolute Gasteiger partial charge is 0.507 e. The lowest BCUT2D eigenvalue weighted by Crippen LogP contribution is -1.86. The third-order valence-electron chi connectivity index (χ3n) is 1.65. The molecule has 11 heavy (non-hydrogen) atoms. The Bertz CT molecular complexity index is 236. The molecule has 0 atom stereocenters. The minimum absolute atomic E-state index is 0.341. The number of aliphatic hydroxyl groups excluding tert-OH is 1. The number of hydrogen-bond acceptors (Lipinski definition) is 1. The van der Waals surface area contributed by atoms with E-state index >= 15 is 0 Å². The third kappa shape index (κ3) is 2.54. The van der Waals surface area contributed by atoms with Crippen LogP contribution in [0.5, 0.6) is 0 Å². The van der Waals surface area contributed by atoms with Crippen molar-refractivity contribution in [1.29, 1.82) is 0 Å². The van der Waals surface area contributed by atoms with Gasteiger partial charge in [-0.2, -0.15) is 0 Å². The highest BCUT2D eigenvalue weighted by molar-refractivity contribution is 9.11. The average Bonchev–Trinajstić information content (AvgIpc) is 1.98. The van der Waals surface area contributed by atoms with E-state index in [-0.39, 0.29) is 0 Å². The molecule has 0 unspecified atom stereocenters. The zero-order valence-corrected chi connectivity index (χ0v) is 8.06. The molecule has 0 radical (unpaired) electrons. The monoisotopic (exact) mass is 214 g/mol. The predicted molar refractivity (Wildman–Crippen MR) is 50.7 cm³/mol. The predicted octanol–water partition coefficient (Wildman–Crippen LogP) is 3.45. The van der Waals surface area contributed by atoms with Crippen molar-refractivity contribution >= 4 is 15.9 Å². The van der Waals surface area contributed by atoms with E-state index in [2.05, 4.69) is 22.9 Å². The van der Waals surface area contributed by atoms with E-state index in [9.17, 15) is 5.11 Å². The summed E-state index contributed by atoms with van der Waals surface area (Å²) in [6.45, 7) is 2.09. The van der Waals surface area contributed by atoms with Crippen LogP contribution in [0.2, 0.25) is 0 Å². The fourth-order valence-electron chi connectivity index (χ4n) is 0.912. The Labute approximate surface area is 75.2 Å². The first kappa shape index (κ1) is 8.60. The molecule has 0 heterocycles. The van der Waals surface area contributed by atoms with Gasteiger partial charge in [-0.3, -0.25) is 0 Å². The lowest BCUT2D eigenvalue weighted by atomic mass is 10.1. The van der Waals surface area contributed by atoms with Gasteiger partial charge in [0.15, 0.2) is 0 Å². The molecule has 1 N–H and O–H groups in total. The number of rotatable bonds is 0. The molecule has 0 aromatic heterocycles. The summed E-state index contributed by atoms with van der Waals surface area (Å²) < 4.78 is 0.890. The van der Waals surface area contributed by atoms with Crippen molar-refractivity contribution in [3.05, 3.63) is 34.0 Å². The molecule has 0 spiro atoms. The highest BCUT2D eigenvalue weighted by Gasteiger charge is 2.01. The maximum atomic E-state index is 9.29. The van der Waals surface area contributed by atoms with Crippen LogP contribution in [0.15, 0.2) is 34.0 Å². The smallest absolute Gasteiger partial charge is 0.125 e. The first-order valence-electron chi connectivity index (χ1n) is 3.61. The molecule has 0 amide bonds. The van der Waals surface area contributed by atoms with Crippen LogP contribution < -0.4 is 0 Å². The van der Waals surface area contributed by atoms with Gasteiger partial charge in [0.25, 0.3) is 0 Å². The Balaban J connectivity index is 2.83. The summed E-state index contributed by atoms with van der Waals surface area (Å²) in [5.41, 5.74) is 1.34. The minimum Gasteiger partial charge on any atom is -0.507 e. The summed E-state index contributed by atoms with van der Waals surface area (Å²) in [5, 5.41) is 9.29. The number of hydrogen-bond donors (Lipinski definition) is 1. The first-order valence-corrected chi connectivity index (χ1v) is 4.41. The number of allylic oxidation sites excluding steroid dienone is 5. The summed E-state index contributed by atoms with van der Waals surface area (Å²) in [5.74, 6) is 0.341. The minimum atomic E-state index is 0.341. The van der Waals surface area contributed by atoms with E-state index in [0.29, 0.717) is 5.76 Å². The van der Waals surface area contributed by atoms with Crippen molar-refractivity contribution in [2.24, 2.45) is 0 Å². The van der Waals surface area contributed by atoms with Gasteiger partial charge < -0.3 is 5.11 Å². The van der Waals surface area contributed by atoms with Gasteiger partial charge in [0.05, 0.1) is 0 Å². The highest BCUT2D eigenvalue weighted by atomic mass is 79.9. The third-order valence-corrected chi connectivity index (χ3v) is 2.45. The topological polar surface area (TPSA) is 20.2 Å². The maximum Gasteiger partial charge on any atom is 0.125 e. The molecule has 1 aliphatic carbocycles. The molecule has 0 aromatic rings. The summed E-state index contributed by atoms with van der Waals surface area (Å²) in [6, 6.07) is 0. The van der Waals surface area contributed by atoms with Crippen molar-refractivity contribution in [3.8, 4) is 0 Å². The molecular weight excluding hydrogens is 204 g/mol. The molecule has 0 saturated carbocycles. The van der Waals surface area contributed by atoms with Gasteiger partial charge in [0, 0.05) is 4.48 Å². The molecule has 60 valence electrons. The zero-order chi connectivity index (χ0) is 8.27. The van der Waals surface area contributed by atoms with Crippen LogP contribution in [0.4, 0.5) is 0 Å². The second kappa shape index (κ2) is 3.77. The van der Waals surface area contributed by atoms with Crippen LogP contribution in [0.3, 0.4) is 0 Å². The molecular formula is C9H11BrO. The molecule has 0 saturated heterocycles. The van der Waals surface area contributed by atoms with Crippen LogP contribution in [0.25, 0.3) is 0 Å². The normalized spacial score (nSPS) is 33.5. The Hall–Kier alpha value is -0.500. The lowest BCUT2D eigenvalue weighted by Gasteiger charge is -2.04. The lowest BCUT2D eigenvalue weighted by molar-refractivity contribution is 0.428. The standard InChI is InChI=1S/C9H11BrO/c1-7-3-2-4-9(11)8(10)6-5-7/h2-4,11H,5-6H2,1H3/b4-2-,7-3+,9-8-. The van der Waals surface area contributed by atoms with Gasteiger partial charge in [0.2, 0.25) is 0 Å². The van der Waals surface area contributed by atoms with E-state index < -0.39 is 0 Å². The quantitative estimate of drug-likeness (QED) is 0.656. The van der Waals surface area contributed by atoms with Gasteiger partial charge in [-0.1, -0.05) is 33.7 Å². The molecule has 1 aliphatic rings. The van der Waals surface area contributed by atoms with Crippen molar-refractivity contribution < 1.29 is 5.11 Å². The first-order chi connectivity index (χ1) is 5.20. The molecule has 0 bridgehead atoms. The van der Waals surface area contributed by atoms with Crippen LogP contribution in [0.1, 0.15) is 19.8 Å². The van der Waals surface area contributed by atoms with E-state index in [4.69, 9.17) is 0 Å². The Kier molecular flexibility index (Phi) is 2.94. The summed E-state index contributed by atoms with van der Waals surface area (Å²) in [7, 11) is 0. The van der Waals surface area contributed by atoms with Gasteiger partial charge in [-0.25, -0.2) is 0 Å². The van der Waals surface area contributed by atoms with E-state index in [1.165, 1.54) is 5.57 Å². The molecule has 1 rings (SSSR count). The van der Waals surface area contributed by atoms with Crippen molar-refractivity contribution in [2.45, 2.75) is 19.8 Å². The van der Waals surface area contributed by atoms with E-state index in [1.54, 1.807) is 6.08 Å². The van der Waals surface area contributed by atoms with Crippen molar-refractivity contribution in [2.75, 3.05) is 0 Å². The molecule has 0 aliphatic heterocycles. The zero-order valence-electron chi connectivity index (χ0n) is 6.47. The van der Waals surface area contributed by atoms with Gasteiger partial charge in [-0.15, -0.1) is 0 Å². The van der Waals surface area contributed by atoms with Crippen LogP contribution in [0, 0.1) is 0 Å². The maximum absolute atomic E-state index is 9.29. The highest BCUT2D eigenvalue weighted by Crippen LogP contribution is 2.22. The van der Waals surface area contributed by atoms with E-state index in [1.807, 2.05) is 12.2 Å². The second-order valence-corrected chi connectivity index (χ2v) is 3.62.